The van der Waals surface area contributed by atoms with E-state index in [0.29, 0.717) is 11.6 Å². The molecule has 0 aliphatic heterocycles. The van der Waals surface area contributed by atoms with Gasteiger partial charge >= 0.3 is 12.2 Å². The number of carbonyl (C=O) groups excluding carboxylic acids is 2. The van der Waals surface area contributed by atoms with Crippen molar-refractivity contribution < 1.29 is 31.9 Å². The van der Waals surface area contributed by atoms with Gasteiger partial charge in [-0.25, -0.2) is 9.18 Å². The summed E-state index contributed by atoms with van der Waals surface area (Å²) in [6.07, 6.45) is -0.556. The third-order valence-corrected chi connectivity index (χ3v) is 5.45. The topological polar surface area (TPSA) is 92.4 Å². The fourth-order valence-corrected chi connectivity index (χ4v) is 3.40. The molecule has 0 saturated carbocycles. The third-order valence-electron chi connectivity index (χ3n) is 5.12. The van der Waals surface area contributed by atoms with Crippen LogP contribution in [0.1, 0.15) is 35.0 Å². The van der Waals surface area contributed by atoms with Crippen molar-refractivity contribution in [3.8, 4) is 0 Å². The van der Waals surface area contributed by atoms with Crippen LogP contribution in [-0.2, 0) is 17.5 Å². The number of hydrogen-bond donors (Lipinski definition) is 3. The predicted octanol–water partition coefficient (Wildman–Crippen LogP) is 5.35. The van der Waals surface area contributed by atoms with Crippen LogP contribution in [-0.4, -0.2) is 29.5 Å². The number of alkyl halides is 3. The van der Waals surface area contributed by atoms with Crippen molar-refractivity contribution >= 4 is 29.2 Å². The Hall–Kier alpha value is -3.60. The largest absolute Gasteiger partial charge is 0.489 e. The standard InChI is InChI=1S/C23H21ClF4N4O3/c1-22(32-21(34)31-14-3-4-17(24)16(10-14)23(26,27)28)7-5-15(11-19(22)25)35-12-13-6-8-30-18(9-13)20(33)29-2/h3-6,8-11H,7,12H2,1-2H3,(H,29,33)(H2,31,32,34). The minimum absolute atomic E-state index is 0.0202. The fraction of sp³-hybridized carbons (Fsp3) is 0.261. The van der Waals surface area contributed by atoms with Gasteiger partial charge in [-0.05, 0) is 55.3 Å². The van der Waals surface area contributed by atoms with Gasteiger partial charge in [0.05, 0.1) is 16.1 Å². The first-order chi connectivity index (χ1) is 16.4. The van der Waals surface area contributed by atoms with Gasteiger partial charge in [-0.3, -0.25) is 9.78 Å². The van der Waals surface area contributed by atoms with E-state index in [0.717, 1.165) is 12.1 Å². The summed E-state index contributed by atoms with van der Waals surface area (Å²) in [6.45, 7) is 1.47. The zero-order valence-electron chi connectivity index (χ0n) is 18.6. The maximum atomic E-state index is 14.9. The van der Waals surface area contributed by atoms with Crippen LogP contribution in [0.15, 0.2) is 60.3 Å². The van der Waals surface area contributed by atoms with Crippen LogP contribution in [0.2, 0.25) is 5.02 Å². The molecule has 1 atom stereocenters. The van der Waals surface area contributed by atoms with Crippen LogP contribution in [0, 0.1) is 0 Å². The molecule has 7 nitrogen and oxygen atoms in total. The molecule has 0 bridgehead atoms. The summed E-state index contributed by atoms with van der Waals surface area (Å²) in [6, 6.07) is 5.19. The number of allylic oxidation sites excluding steroid dienone is 1. The number of rotatable bonds is 6. The molecule has 35 heavy (non-hydrogen) atoms. The summed E-state index contributed by atoms with van der Waals surface area (Å²) in [5, 5.41) is 6.64. The number of hydrogen-bond acceptors (Lipinski definition) is 4. The van der Waals surface area contributed by atoms with Gasteiger partial charge in [-0.2, -0.15) is 13.2 Å². The molecule has 3 N–H and O–H groups in total. The molecule has 0 spiro atoms. The number of aromatic nitrogens is 1. The van der Waals surface area contributed by atoms with Gasteiger partial charge in [0.15, 0.2) is 0 Å². The Morgan fingerprint density at radius 3 is 2.63 bits per heavy atom. The number of halogens is 5. The minimum Gasteiger partial charge on any atom is -0.489 e. The van der Waals surface area contributed by atoms with E-state index in [1.54, 1.807) is 18.2 Å². The van der Waals surface area contributed by atoms with Crippen LogP contribution < -0.4 is 16.0 Å². The molecule has 1 aliphatic carbocycles. The van der Waals surface area contributed by atoms with E-state index < -0.39 is 34.2 Å². The van der Waals surface area contributed by atoms with Crippen molar-refractivity contribution in [2.24, 2.45) is 0 Å². The zero-order chi connectivity index (χ0) is 25.8. The lowest BCUT2D eigenvalue weighted by Crippen LogP contribution is -2.49. The molecule has 0 saturated heterocycles. The van der Waals surface area contributed by atoms with Crippen molar-refractivity contribution in [2.75, 3.05) is 12.4 Å². The average molecular weight is 513 g/mol. The molecular weight excluding hydrogens is 492 g/mol. The van der Waals surface area contributed by atoms with Gasteiger partial charge in [0.2, 0.25) is 0 Å². The number of nitrogens with zero attached hydrogens (tertiary/aromatic N) is 1. The Morgan fingerprint density at radius 1 is 1.23 bits per heavy atom. The number of amides is 3. The third kappa shape index (κ3) is 6.50. The Balaban J connectivity index is 1.61. The molecule has 12 heteroatoms. The molecule has 186 valence electrons. The van der Waals surface area contributed by atoms with Crippen molar-refractivity contribution in [1.82, 2.24) is 15.6 Å². The van der Waals surface area contributed by atoms with Crippen LogP contribution in [0.3, 0.4) is 0 Å². The monoisotopic (exact) mass is 512 g/mol. The summed E-state index contributed by atoms with van der Waals surface area (Å²) < 4.78 is 59.5. The van der Waals surface area contributed by atoms with Crippen LogP contribution in [0.5, 0.6) is 0 Å². The van der Waals surface area contributed by atoms with Gasteiger partial charge in [-0.1, -0.05) is 11.6 Å². The molecule has 3 rings (SSSR count). The van der Waals surface area contributed by atoms with E-state index >= 15 is 0 Å². The van der Waals surface area contributed by atoms with Crippen LogP contribution in [0.25, 0.3) is 0 Å². The zero-order valence-corrected chi connectivity index (χ0v) is 19.4. The van der Waals surface area contributed by atoms with E-state index in [1.807, 2.05) is 0 Å². The highest BCUT2D eigenvalue weighted by Gasteiger charge is 2.35. The summed E-state index contributed by atoms with van der Waals surface area (Å²) >= 11 is 5.58. The fourth-order valence-electron chi connectivity index (χ4n) is 3.17. The number of pyridine rings is 1. The number of benzene rings is 1. The lowest BCUT2D eigenvalue weighted by molar-refractivity contribution is -0.137. The molecule has 0 radical (unpaired) electrons. The highest BCUT2D eigenvalue weighted by Crippen LogP contribution is 2.36. The molecule has 0 fully saturated rings. The lowest BCUT2D eigenvalue weighted by Gasteiger charge is -2.31. The highest BCUT2D eigenvalue weighted by atomic mass is 35.5. The van der Waals surface area contributed by atoms with Crippen molar-refractivity contribution in [1.29, 1.82) is 0 Å². The second-order valence-electron chi connectivity index (χ2n) is 7.82. The van der Waals surface area contributed by atoms with Crippen molar-refractivity contribution in [3.05, 3.63) is 82.1 Å². The summed E-state index contributed by atoms with van der Waals surface area (Å²) in [4.78, 5) is 28.0. The smallest absolute Gasteiger partial charge is 0.417 e. The molecular formula is C23H21ClF4N4O3. The predicted molar refractivity (Wildman–Crippen MR) is 121 cm³/mol. The molecule has 1 aromatic carbocycles. The van der Waals surface area contributed by atoms with Gasteiger partial charge in [0, 0.05) is 25.0 Å². The average Bonchev–Trinajstić information content (AvgIpc) is 2.80. The number of nitrogens with one attached hydrogen (secondary N) is 3. The van der Waals surface area contributed by atoms with Crippen molar-refractivity contribution in [2.45, 2.75) is 31.7 Å². The maximum absolute atomic E-state index is 14.9. The number of anilines is 1. The summed E-state index contributed by atoms with van der Waals surface area (Å²) in [5.74, 6) is -0.853. The van der Waals surface area contributed by atoms with E-state index in [9.17, 15) is 27.2 Å². The molecule has 1 heterocycles. The first-order valence-electron chi connectivity index (χ1n) is 10.2. The quantitative estimate of drug-likeness (QED) is 0.455. The first kappa shape index (κ1) is 26.0. The van der Waals surface area contributed by atoms with Gasteiger partial charge in [-0.15, -0.1) is 0 Å². The minimum atomic E-state index is -4.70. The normalized spacial score (nSPS) is 17.7. The van der Waals surface area contributed by atoms with Gasteiger partial charge < -0.3 is 20.7 Å². The molecule has 1 aromatic heterocycles. The molecule has 3 amide bonds. The van der Waals surface area contributed by atoms with Crippen LogP contribution in [0.4, 0.5) is 28.0 Å². The van der Waals surface area contributed by atoms with Gasteiger partial charge in [0.25, 0.3) is 5.91 Å². The number of ether oxygens (including phenoxy) is 1. The Labute approximate surface area is 203 Å². The van der Waals surface area contributed by atoms with Crippen LogP contribution >= 0.6 is 11.6 Å². The molecule has 1 unspecified atom stereocenters. The van der Waals surface area contributed by atoms with Crippen molar-refractivity contribution in [3.63, 3.8) is 0 Å². The Bertz CT molecular complexity index is 1200. The first-order valence-corrected chi connectivity index (χ1v) is 10.6. The second-order valence-corrected chi connectivity index (χ2v) is 8.23. The Morgan fingerprint density at radius 2 is 1.97 bits per heavy atom. The van der Waals surface area contributed by atoms with E-state index in [4.69, 9.17) is 16.3 Å². The summed E-state index contributed by atoms with van der Waals surface area (Å²) in [7, 11) is 1.48. The highest BCUT2D eigenvalue weighted by molar-refractivity contribution is 6.31. The summed E-state index contributed by atoms with van der Waals surface area (Å²) in [5.41, 5.74) is -1.86. The van der Waals surface area contributed by atoms with Gasteiger partial charge in [0.1, 0.15) is 23.9 Å². The number of urea groups is 1. The maximum Gasteiger partial charge on any atom is 0.417 e. The van der Waals surface area contributed by atoms with E-state index in [1.165, 1.54) is 26.2 Å². The van der Waals surface area contributed by atoms with E-state index in [2.05, 4.69) is 20.9 Å². The number of carbonyl (C=O) groups is 2. The lowest BCUT2D eigenvalue weighted by atomic mass is 9.91. The second kappa shape index (κ2) is 10.3. The Kier molecular flexibility index (Phi) is 7.69. The molecule has 2 aromatic rings. The van der Waals surface area contributed by atoms with E-state index in [-0.39, 0.29) is 36.1 Å². The SMILES string of the molecule is CNC(=O)c1cc(COC2=CCC(C)(NC(=O)Nc3ccc(Cl)c(C(F)(F)F)c3)C(F)=C2)ccn1. The molecule has 1 aliphatic rings.